The molecule has 0 unspecified atom stereocenters. The third-order valence-electron chi connectivity index (χ3n) is 13.7. The maximum absolute atomic E-state index is 14.5. The number of hydrogen-bond acceptors (Lipinski definition) is 13. The predicted octanol–water partition coefficient (Wildman–Crippen LogP) is 1.09. The monoisotopic (exact) mass is 706 g/mol. The van der Waals surface area contributed by atoms with Gasteiger partial charge in [-0.1, -0.05) is 39.3 Å². The highest BCUT2D eigenvalue weighted by atomic mass is 16.8. The van der Waals surface area contributed by atoms with Gasteiger partial charge in [0.2, 0.25) is 5.79 Å². The largest absolute Gasteiger partial charge is 0.456 e. The number of carbonyl (C=O) groups excluding carboxylic acids is 3. The molecule has 5 fully saturated rings. The van der Waals surface area contributed by atoms with Gasteiger partial charge in [-0.25, -0.2) is 0 Å². The summed E-state index contributed by atoms with van der Waals surface area (Å²) < 4.78 is 23.5. The summed E-state index contributed by atoms with van der Waals surface area (Å²) in [6.07, 6.45) is -3.06. The Kier molecular flexibility index (Phi) is 9.02. The zero-order valence-electron chi connectivity index (χ0n) is 30.2. The summed E-state index contributed by atoms with van der Waals surface area (Å²) in [4.78, 5) is 39.7. The van der Waals surface area contributed by atoms with Crippen LogP contribution < -0.4 is 0 Å². The minimum atomic E-state index is -2.05. The first kappa shape index (κ1) is 37.7. The molecule has 3 saturated carbocycles. The van der Waals surface area contributed by atoms with E-state index in [0.29, 0.717) is 6.42 Å². The molecule has 2 aliphatic heterocycles. The van der Waals surface area contributed by atoms with Crippen molar-refractivity contribution in [3.63, 3.8) is 0 Å². The summed E-state index contributed by atoms with van der Waals surface area (Å²) in [5, 5.41) is 66.8. The van der Waals surface area contributed by atoms with Gasteiger partial charge in [0.15, 0.2) is 12.1 Å². The molecule has 280 valence electrons. The first-order valence-corrected chi connectivity index (χ1v) is 17.7. The third-order valence-corrected chi connectivity index (χ3v) is 13.7. The van der Waals surface area contributed by atoms with Crippen LogP contribution in [0.5, 0.6) is 0 Å². The van der Waals surface area contributed by atoms with Crippen molar-refractivity contribution >= 4 is 17.5 Å². The molecule has 6 rings (SSSR count). The van der Waals surface area contributed by atoms with Gasteiger partial charge in [0.1, 0.15) is 47.5 Å². The smallest absolute Gasteiger partial charge is 0.303 e. The molecule has 0 aromatic heterocycles. The maximum atomic E-state index is 14.5. The van der Waals surface area contributed by atoms with Crippen molar-refractivity contribution < 1.29 is 64.0 Å². The number of aliphatic hydroxyl groups is 6. The van der Waals surface area contributed by atoms with Gasteiger partial charge in [-0.2, -0.15) is 0 Å². The van der Waals surface area contributed by atoms with Gasteiger partial charge >= 0.3 is 5.97 Å². The van der Waals surface area contributed by atoms with Crippen molar-refractivity contribution in [2.75, 3.05) is 6.61 Å². The molecule has 6 aliphatic rings. The lowest BCUT2D eigenvalue weighted by Crippen LogP contribution is -2.74. The van der Waals surface area contributed by atoms with Crippen LogP contribution in [0.25, 0.3) is 0 Å². The quantitative estimate of drug-likeness (QED) is 0.130. The van der Waals surface area contributed by atoms with Crippen molar-refractivity contribution in [2.45, 2.75) is 141 Å². The van der Waals surface area contributed by atoms with Crippen LogP contribution in [0.15, 0.2) is 23.8 Å². The Labute approximate surface area is 292 Å². The molecule has 13 nitrogen and oxygen atoms in total. The van der Waals surface area contributed by atoms with Crippen molar-refractivity contribution in [3.05, 3.63) is 23.8 Å². The minimum Gasteiger partial charge on any atom is -0.456 e. The molecule has 0 radical (unpaired) electrons. The molecule has 15 atom stereocenters. The van der Waals surface area contributed by atoms with Crippen molar-refractivity contribution in [3.8, 4) is 0 Å². The third kappa shape index (κ3) is 5.25. The normalized spacial score (nSPS) is 47.9. The fourth-order valence-corrected chi connectivity index (χ4v) is 11.1. The second kappa shape index (κ2) is 12.0. The number of Topliss-reactive ketones (excluding diaryl/α,β-unsaturated/α-hetero) is 1. The second-order valence-electron chi connectivity index (χ2n) is 17.4. The summed E-state index contributed by atoms with van der Waals surface area (Å²) in [7, 11) is 0. The maximum Gasteiger partial charge on any atom is 0.303 e. The lowest BCUT2D eigenvalue weighted by atomic mass is 9.43. The Hall–Kier alpha value is -2.07. The molecule has 6 N–H and O–H groups in total. The van der Waals surface area contributed by atoms with E-state index < -0.39 is 106 Å². The molecule has 13 heteroatoms. The number of allylic oxidation sites excluding steroid dienone is 1. The Morgan fingerprint density at radius 3 is 2.34 bits per heavy atom. The summed E-state index contributed by atoms with van der Waals surface area (Å²) in [5.74, 6) is -5.34. The second-order valence-corrected chi connectivity index (χ2v) is 17.4. The highest BCUT2D eigenvalue weighted by Gasteiger charge is 2.73. The van der Waals surface area contributed by atoms with Crippen LogP contribution in [0.4, 0.5) is 0 Å². The Morgan fingerprint density at radius 2 is 1.72 bits per heavy atom. The topological polar surface area (TPSA) is 210 Å². The Morgan fingerprint density at radius 1 is 1.06 bits per heavy atom. The number of ether oxygens (including phenoxy) is 4. The van der Waals surface area contributed by atoms with Crippen LogP contribution in [-0.2, 0) is 33.3 Å². The van der Waals surface area contributed by atoms with Gasteiger partial charge in [0.25, 0.3) is 0 Å². The summed E-state index contributed by atoms with van der Waals surface area (Å²) >= 11 is 0. The zero-order chi connectivity index (χ0) is 37.1. The lowest BCUT2D eigenvalue weighted by Gasteiger charge is -2.64. The number of ketones is 2. The molecule has 0 bridgehead atoms. The van der Waals surface area contributed by atoms with Crippen LogP contribution in [0.1, 0.15) is 81.1 Å². The molecule has 50 heavy (non-hydrogen) atoms. The molecular weight excluding hydrogens is 652 g/mol. The minimum absolute atomic E-state index is 0.00501. The molecule has 2 heterocycles. The van der Waals surface area contributed by atoms with E-state index >= 15 is 0 Å². The molecular formula is C37H54O13. The molecule has 0 amide bonds. The first-order chi connectivity index (χ1) is 23.0. The van der Waals surface area contributed by atoms with E-state index in [-0.39, 0.29) is 36.9 Å². The van der Waals surface area contributed by atoms with Gasteiger partial charge < -0.3 is 49.6 Å². The number of esters is 1. The predicted molar refractivity (Wildman–Crippen MR) is 175 cm³/mol. The summed E-state index contributed by atoms with van der Waals surface area (Å²) in [5.41, 5.74) is -5.09. The molecule has 2 saturated heterocycles. The van der Waals surface area contributed by atoms with Gasteiger partial charge in [-0.15, -0.1) is 0 Å². The van der Waals surface area contributed by atoms with Crippen molar-refractivity contribution in [1.82, 2.24) is 0 Å². The molecule has 0 spiro atoms. The summed E-state index contributed by atoms with van der Waals surface area (Å²) in [6.45, 7) is 12.8. The fraction of sp³-hybridized carbons (Fsp3) is 0.811. The SMILES string of the molecule is CC(=O)OC(C)(C)/C=C/C(=O)[C@](C)(O)[C@H]1[C@H](O)C[C@@]2(C)[C@@H]3CC=C4[C@@H](C[C@@H]5O[C@@H]6O[C@H](CO)[C@@H](O)[C@H](O)[C@H]6O[C@@]5(O)C4(C)C)[C@@H]3C(=O)C[C@]12C. The summed E-state index contributed by atoms with van der Waals surface area (Å²) in [6, 6.07) is 0. The van der Waals surface area contributed by atoms with E-state index in [1.165, 1.54) is 26.0 Å². The zero-order valence-corrected chi connectivity index (χ0v) is 30.2. The van der Waals surface area contributed by atoms with Crippen LogP contribution in [0.2, 0.25) is 0 Å². The van der Waals surface area contributed by atoms with Gasteiger partial charge in [0, 0.05) is 30.6 Å². The van der Waals surface area contributed by atoms with E-state index in [4.69, 9.17) is 18.9 Å². The Balaban J connectivity index is 1.32. The van der Waals surface area contributed by atoms with Crippen molar-refractivity contribution in [1.29, 1.82) is 0 Å². The van der Waals surface area contributed by atoms with Crippen LogP contribution in [-0.4, -0.2) is 115 Å². The lowest BCUT2D eigenvalue weighted by molar-refractivity contribution is -0.453. The highest BCUT2D eigenvalue weighted by molar-refractivity contribution is 5.97. The van der Waals surface area contributed by atoms with E-state index in [2.05, 4.69) is 0 Å². The molecule has 0 aromatic carbocycles. The van der Waals surface area contributed by atoms with Gasteiger partial charge in [0.05, 0.1) is 12.7 Å². The number of aliphatic hydroxyl groups excluding tert-OH is 4. The number of fused-ring (bicyclic) bond motifs is 7. The molecule has 0 aromatic rings. The number of rotatable bonds is 6. The van der Waals surface area contributed by atoms with E-state index in [1.807, 2.05) is 19.9 Å². The first-order valence-electron chi connectivity index (χ1n) is 17.7. The van der Waals surface area contributed by atoms with Gasteiger partial charge in [-0.3, -0.25) is 14.4 Å². The highest BCUT2D eigenvalue weighted by Crippen LogP contribution is 2.72. The van der Waals surface area contributed by atoms with Crippen LogP contribution in [0.3, 0.4) is 0 Å². The molecule has 4 aliphatic carbocycles. The Bertz CT molecular complexity index is 1480. The average Bonchev–Trinajstić information content (AvgIpc) is 3.22. The number of hydrogen-bond donors (Lipinski definition) is 6. The van der Waals surface area contributed by atoms with E-state index in [0.717, 1.165) is 5.57 Å². The van der Waals surface area contributed by atoms with E-state index in [1.54, 1.807) is 27.7 Å². The average molecular weight is 707 g/mol. The fourth-order valence-electron chi connectivity index (χ4n) is 11.1. The van der Waals surface area contributed by atoms with Gasteiger partial charge in [-0.05, 0) is 74.9 Å². The standard InChI is InChI=1S/C37H54O13/c1-17(39)49-32(2,3)12-11-24(42)36(8,45)30-22(41)15-34(6)20-10-9-19-18(26(20)21(40)14-35(30,34)7)13-25-37(46,33(19,4)5)50-29-28(44)27(43)23(16-38)47-31(29)48-25/h9,11-12,18,20,22-23,25-31,38,41,43-46H,10,13-16H2,1-8H3/b12-11+/t18-,20-,22-,23-,25+,26+,27-,28+,29-,30+,31+,34+,35-,36+,37-/m1/s1. The van der Waals surface area contributed by atoms with Crippen LogP contribution >= 0.6 is 0 Å². The van der Waals surface area contributed by atoms with Crippen LogP contribution in [0, 0.1) is 39.9 Å². The van der Waals surface area contributed by atoms with E-state index in [9.17, 15) is 45.0 Å². The van der Waals surface area contributed by atoms with Crippen molar-refractivity contribution in [2.24, 2.45) is 39.9 Å². The number of carbonyl (C=O) groups is 3.